The zero-order chi connectivity index (χ0) is 23.5. The van der Waals surface area contributed by atoms with Gasteiger partial charge in [-0.25, -0.2) is 4.98 Å². The van der Waals surface area contributed by atoms with Crippen molar-refractivity contribution in [2.75, 3.05) is 0 Å². The van der Waals surface area contributed by atoms with Gasteiger partial charge in [-0.15, -0.1) is 15.3 Å². The van der Waals surface area contributed by atoms with Gasteiger partial charge in [0.05, 0.1) is 18.6 Å². The fourth-order valence-electron chi connectivity index (χ4n) is 0.663. The van der Waals surface area contributed by atoms with Crippen LogP contribution in [0.4, 0.5) is 0 Å². The molecule has 3 heterocycles. The molecule has 0 radical (unpaired) electrons. The van der Waals surface area contributed by atoms with E-state index in [1.54, 1.807) is 37.1 Å². The largest absolute Gasteiger partial charge is 0.241 e. The molecule has 0 aliphatic heterocycles. The lowest BCUT2D eigenvalue weighted by molar-refractivity contribution is 0.736. The van der Waals surface area contributed by atoms with Crippen LogP contribution in [0, 0.1) is 17.8 Å². The third-order valence-electron chi connectivity index (χ3n) is 1.30. The Morgan fingerprint density at radius 1 is 0.419 bits per heavy atom. The van der Waals surface area contributed by atoms with Crippen LogP contribution in [0.2, 0.25) is 0 Å². The zero-order valence-corrected chi connectivity index (χ0v) is 20.1. The lowest BCUT2D eigenvalue weighted by Gasteiger charge is -1.79. The van der Waals surface area contributed by atoms with Gasteiger partial charge in [-0.2, -0.15) is 15.3 Å². The molecule has 8 heteroatoms. The second kappa shape index (κ2) is 31.8. The van der Waals surface area contributed by atoms with E-state index in [1.807, 2.05) is 12.1 Å². The molecular formula is C23H44N8. The average Bonchev–Trinajstić information content (AvgIpc) is 2.72. The molecule has 8 nitrogen and oxygen atoms in total. The van der Waals surface area contributed by atoms with Crippen molar-refractivity contribution in [3.05, 3.63) is 61.7 Å². The van der Waals surface area contributed by atoms with Crippen LogP contribution in [0.1, 0.15) is 69.7 Å². The molecule has 3 aromatic heterocycles. The van der Waals surface area contributed by atoms with E-state index in [4.69, 9.17) is 0 Å². The fourth-order valence-corrected chi connectivity index (χ4v) is 0.663. The number of hydrogen-bond donors (Lipinski definition) is 0. The first-order valence-corrected chi connectivity index (χ1v) is 10.1. The number of aromatic nitrogens is 8. The van der Waals surface area contributed by atoms with E-state index < -0.39 is 0 Å². The molecular weight excluding hydrogens is 388 g/mol. The maximum absolute atomic E-state index is 3.61. The number of rotatable bonds is 0. The summed E-state index contributed by atoms with van der Waals surface area (Å²) in [6, 6.07) is 5.37. The molecule has 0 spiro atoms. The second-order valence-corrected chi connectivity index (χ2v) is 7.71. The van der Waals surface area contributed by atoms with Crippen LogP contribution in [0.3, 0.4) is 0 Å². The Kier molecular flexibility index (Phi) is 36.4. The normalized spacial score (nSPS) is 8.13. The predicted octanol–water partition coefficient (Wildman–Crippen LogP) is 5.84. The number of hydrogen-bond acceptors (Lipinski definition) is 8. The predicted molar refractivity (Wildman–Crippen MR) is 130 cm³/mol. The highest BCUT2D eigenvalue weighted by Gasteiger charge is 1.69. The summed E-state index contributed by atoms with van der Waals surface area (Å²) in [7, 11) is 0. The van der Waals surface area contributed by atoms with Crippen LogP contribution in [0.5, 0.6) is 0 Å². The summed E-state index contributed by atoms with van der Waals surface area (Å²) in [5.74, 6) is 2.50. The SMILES string of the molecule is C.CC(C)C.CC(C)C.CC(C)C.c1ccnnc1.c1cnncn1.c1cnnnc1. The molecule has 0 amide bonds. The van der Waals surface area contributed by atoms with Crippen molar-refractivity contribution in [3.8, 4) is 0 Å². The lowest BCUT2D eigenvalue weighted by Crippen LogP contribution is -1.78. The van der Waals surface area contributed by atoms with E-state index in [0.29, 0.717) is 0 Å². The molecule has 0 N–H and O–H groups in total. The monoisotopic (exact) mass is 432 g/mol. The number of nitrogens with zero attached hydrogens (tertiary/aromatic N) is 8. The van der Waals surface area contributed by atoms with Crippen molar-refractivity contribution in [1.82, 2.24) is 40.8 Å². The average molecular weight is 433 g/mol. The lowest BCUT2D eigenvalue weighted by atomic mass is 10.3. The van der Waals surface area contributed by atoms with Gasteiger partial charge in [0.15, 0.2) is 0 Å². The summed E-state index contributed by atoms with van der Waals surface area (Å²) in [4.78, 5) is 3.61. The van der Waals surface area contributed by atoms with Crippen molar-refractivity contribution in [2.45, 2.75) is 69.7 Å². The quantitative estimate of drug-likeness (QED) is 0.436. The molecule has 3 rings (SSSR count). The summed E-state index contributed by atoms with van der Waals surface area (Å²) in [5.41, 5.74) is 0. The molecule has 31 heavy (non-hydrogen) atoms. The van der Waals surface area contributed by atoms with Crippen LogP contribution in [0.25, 0.3) is 0 Å². The highest BCUT2D eigenvalue weighted by atomic mass is 15.3. The minimum absolute atomic E-state index is 0. The van der Waals surface area contributed by atoms with Crippen LogP contribution in [-0.2, 0) is 0 Å². The highest BCUT2D eigenvalue weighted by molar-refractivity contribution is 4.79. The second-order valence-electron chi connectivity index (χ2n) is 7.71. The first kappa shape index (κ1) is 35.5. The Bertz CT molecular complexity index is 416. The van der Waals surface area contributed by atoms with Gasteiger partial charge >= 0.3 is 0 Å². The standard InChI is InChI=1S/C4H4N2.3C4H10.2C3H3N3.CH4/c1-2-4-6-5-3-1;3*1-4(2)3;1-2-5-6-3-4-1;1-2-4-6-5-3-1;/h1-4H;3*4H,1-3H3;2*1-3H;1H4. The summed E-state index contributed by atoms with van der Waals surface area (Å²) in [5, 5.41) is 24.1. The molecule has 0 atom stereocenters. The Balaban J connectivity index is -0.000000142. The Labute approximate surface area is 190 Å². The van der Waals surface area contributed by atoms with Gasteiger partial charge in [-0.1, -0.05) is 69.7 Å². The molecule has 0 saturated heterocycles. The van der Waals surface area contributed by atoms with Crippen molar-refractivity contribution in [3.63, 3.8) is 0 Å². The van der Waals surface area contributed by atoms with Crippen LogP contribution >= 0.6 is 0 Å². The van der Waals surface area contributed by atoms with Crippen molar-refractivity contribution >= 4 is 0 Å². The highest BCUT2D eigenvalue weighted by Crippen LogP contribution is 1.82. The molecule has 0 fully saturated rings. The first-order valence-electron chi connectivity index (χ1n) is 10.1. The van der Waals surface area contributed by atoms with Crippen molar-refractivity contribution in [1.29, 1.82) is 0 Å². The van der Waals surface area contributed by atoms with E-state index in [9.17, 15) is 0 Å². The summed E-state index contributed by atoms with van der Waals surface area (Å²) < 4.78 is 0. The molecule has 0 aromatic carbocycles. The smallest absolute Gasteiger partial charge is 0.138 e. The van der Waals surface area contributed by atoms with E-state index >= 15 is 0 Å². The van der Waals surface area contributed by atoms with Gasteiger partial charge in [-0.05, 0) is 41.2 Å². The van der Waals surface area contributed by atoms with Crippen LogP contribution in [0.15, 0.2) is 61.7 Å². The summed E-state index contributed by atoms with van der Waals surface area (Å²) in [6.07, 6.45) is 10.9. The Hall–Kier alpha value is -2.90. The minimum atomic E-state index is 0. The van der Waals surface area contributed by atoms with Crippen molar-refractivity contribution in [2.24, 2.45) is 17.8 Å². The summed E-state index contributed by atoms with van der Waals surface area (Å²) in [6.45, 7) is 19.5. The third-order valence-corrected chi connectivity index (χ3v) is 1.30. The van der Waals surface area contributed by atoms with E-state index in [0.717, 1.165) is 17.8 Å². The van der Waals surface area contributed by atoms with Gasteiger partial charge in [-0.3, -0.25) is 0 Å². The summed E-state index contributed by atoms with van der Waals surface area (Å²) >= 11 is 0. The Morgan fingerprint density at radius 2 is 0.774 bits per heavy atom. The van der Waals surface area contributed by atoms with Gasteiger partial charge in [0.25, 0.3) is 0 Å². The van der Waals surface area contributed by atoms with Crippen molar-refractivity contribution < 1.29 is 0 Å². The van der Waals surface area contributed by atoms with Crippen LogP contribution < -0.4 is 0 Å². The van der Waals surface area contributed by atoms with E-state index in [2.05, 4.69) is 103 Å². The van der Waals surface area contributed by atoms with Crippen LogP contribution in [-0.4, -0.2) is 40.8 Å². The van der Waals surface area contributed by atoms with Gasteiger partial charge < -0.3 is 0 Å². The molecule has 176 valence electrons. The molecule has 0 aliphatic carbocycles. The minimum Gasteiger partial charge on any atom is -0.241 e. The molecule has 0 unspecified atom stereocenters. The molecule has 0 saturated carbocycles. The van der Waals surface area contributed by atoms with Gasteiger partial charge in [0, 0.05) is 18.6 Å². The molecule has 0 aliphatic rings. The van der Waals surface area contributed by atoms with Gasteiger partial charge in [0.1, 0.15) is 6.33 Å². The molecule has 3 aromatic rings. The Morgan fingerprint density at radius 3 is 0.871 bits per heavy atom. The van der Waals surface area contributed by atoms with E-state index in [-0.39, 0.29) is 7.43 Å². The first-order chi connectivity index (χ1) is 14.2. The zero-order valence-electron chi connectivity index (χ0n) is 20.1. The molecule has 0 bridgehead atoms. The third kappa shape index (κ3) is 74.9. The van der Waals surface area contributed by atoms with Gasteiger partial charge in [0.2, 0.25) is 0 Å². The maximum atomic E-state index is 3.61. The fraction of sp³-hybridized carbons (Fsp3) is 0.565. The topological polar surface area (TPSA) is 103 Å². The maximum Gasteiger partial charge on any atom is 0.138 e. The van der Waals surface area contributed by atoms with E-state index in [1.165, 1.54) is 12.5 Å².